The first kappa shape index (κ1) is 19.1. The van der Waals surface area contributed by atoms with Crippen molar-refractivity contribution in [3.05, 3.63) is 54.1 Å². The van der Waals surface area contributed by atoms with Crippen molar-refractivity contribution in [2.24, 2.45) is 0 Å². The molecule has 26 heavy (non-hydrogen) atoms. The Kier molecular flexibility index (Phi) is 6.84. The summed E-state index contributed by atoms with van der Waals surface area (Å²) in [6.07, 6.45) is -0.790. The number of carbonyl (C=O) groups is 2. The molecule has 7 heteroatoms. The number of hydrogen-bond acceptors (Lipinski definition) is 5. The summed E-state index contributed by atoms with van der Waals surface area (Å²) in [6.45, 7) is 3.33. The molecule has 2 amide bonds. The summed E-state index contributed by atoms with van der Waals surface area (Å²) in [7, 11) is 1.57. The van der Waals surface area contributed by atoms with Gasteiger partial charge in [0.2, 0.25) is 0 Å². The average molecular weight is 358 g/mol. The zero-order chi connectivity index (χ0) is 18.9. The smallest absolute Gasteiger partial charge is 0.279 e. The molecule has 0 aliphatic carbocycles. The van der Waals surface area contributed by atoms with Crippen molar-refractivity contribution >= 4 is 11.8 Å². The van der Waals surface area contributed by atoms with Crippen molar-refractivity contribution in [3.8, 4) is 17.2 Å². The van der Waals surface area contributed by atoms with Gasteiger partial charge in [-0.3, -0.25) is 20.4 Å². The summed E-state index contributed by atoms with van der Waals surface area (Å²) in [4.78, 5) is 23.7. The van der Waals surface area contributed by atoms with E-state index in [1.54, 1.807) is 50.4 Å². The summed E-state index contributed by atoms with van der Waals surface area (Å²) in [5.74, 6) is 0.825. The van der Waals surface area contributed by atoms with Gasteiger partial charge in [0.25, 0.3) is 11.8 Å². The Balaban J connectivity index is 1.72. The van der Waals surface area contributed by atoms with Crippen LogP contribution in [0.1, 0.15) is 12.5 Å². The minimum atomic E-state index is -0.790. The summed E-state index contributed by atoms with van der Waals surface area (Å²) < 4.78 is 15.9. The van der Waals surface area contributed by atoms with E-state index in [4.69, 9.17) is 14.2 Å². The van der Waals surface area contributed by atoms with E-state index in [0.717, 1.165) is 5.56 Å². The second-order valence-electron chi connectivity index (χ2n) is 5.57. The van der Waals surface area contributed by atoms with E-state index >= 15 is 0 Å². The molecule has 2 aromatic carbocycles. The third kappa shape index (κ3) is 6.01. The summed E-state index contributed by atoms with van der Waals surface area (Å²) in [5.41, 5.74) is 5.68. The van der Waals surface area contributed by atoms with Crippen molar-refractivity contribution in [1.82, 2.24) is 10.9 Å². The van der Waals surface area contributed by atoms with Gasteiger partial charge in [-0.15, -0.1) is 0 Å². The molecule has 0 spiro atoms. The zero-order valence-electron chi connectivity index (χ0n) is 14.9. The number of methoxy groups -OCH3 is 1. The van der Waals surface area contributed by atoms with Gasteiger partial charge in [-0.25, -0.2) is 0 Å². The molecule has 0 aliphatic heterocycles. The Morgan fingerprint density at radius 1 is 0.923 bits per heavy atom. The van der Waals surface area contributed by atoms with Gasteiger partial charge in [-0.1, -0.05) is 17.7 Å². The van der Waals surface area contributed by atoms with Gasteiger partial charge in [0.15, 0.2) is 12.7 Å². The maximum atomic E-state index is 12.0. The number of hydrazine groups is 1. The highest BCUT2D eigenvalue weighted by Gasteiger charge is 2.15. The summed E-state index contributed by atoms with van der Waals surface area (Å²) in [5, 5.41) is 0. The molecule has 7 nitrogen and oxygen atoms in total. The molecule has 2 rings (SSSR count). The van der Waals surface area contributed by atoms with Crippen LogP contribution in [0.2, 0.25) is 0 Å². The molecule has 138 valence electrons. The highest BCUT2D eigenvalue weighted by molar-refractivity contribution is 5.85. The van der Waals surface area contributed by atoms with Crippen LogP contribution < -0.4 is 25.1 Å². The number of benzene rings is 2. The third-order valence-electron chi connectivity index (χ3n) is 3.46. The molecule has 2 N–H and O–H groups in total. The fourth-order valence-electron chi connectivity index (χ4n) is 1.96. The molecular weight excluding hydrogens is 336 g/mol. The molecule has 0 aliphatic rings. The SMILES string of the molecule is COc1ccc(OC(C)C(=O)NNC(=O)COc2ccc(C)cc2)cc1. The van der Waals surface area contributed by atoms with Crippen molar-refractivity contribution in [2.75, 3.05) is 13.7 Å². The van der Waals surface area contributed by atoms with Gasteiger partial charge in [0.1, 0.15) is 17.2 Å². The summed E-state index contributed by atoms with van der Waals surface area (Å²) in [6, 6.07) is 14.1. The molecule has 0 saturated heterocycles. The maximum absolute atomic E-state index is 12.0. The molecule has 1 atom stereocenters. The van der Waals surface area contributed by atoms with Gasteiger partial charge in [0, 0.05) is 0 Å². The first-order valence-corrected chi connectivity index (χ1v) is 8.07. The maximum Gasteiger partial charge on any atom is 0.279 e. The van der Waals surface area contributed by atoms with Gasteiger partial charge < -0.3 is 14.2 Å². The lowest BCUT2D eigenvalue weighted by atomic mass is 10.2. The van der Waals surface area contributed by atoms with E-state index in [2.05, 4.69) is 10.9 Å². The largest absolute Gasteiger partial charge is 0.497 e. The lowest BCUT2D eigenvalue weighted by molar-refractivity contribution is -0.133. The number of nitrogens with one attached hydrogen (secondary N) is 2. The Bertz CT molecular complexity index is 729. The lowest BCUT2D eigenvalue weighted by Crippen LogP contribution is -2.48. The molecule has 2 aromatic rings. The van der Waals surface area contributed by atoms with Crippen LogP contribution in [0.4, 0.5) is 0 Å². The quantitative estimate of drug-likeness (QED) is 0.740. The van der Waals surface area contributed by atoms with E-state index in [1.165, 1.54) is 0 Å². The molecule has 0 aromatic heterocycles. The molecule has 0 heterocycles. The lowest BCUT2D eigenvalue weighted by Gasteiger charge is -2.15. The Hall–Kier alpha value is -3.22. The number of aryl methyl sites for hydroxylation is 1. The predicted molar refractivity (Wildman–Crippen MR) is 96.0 cm³/mol. The van der Waals surface area contributed by atoms with Gasteiger partial charge >= 0.3 is 0 Å². The first-order chi connectivity index (χ1) is 12.5. The van der Waals surface area contributed by atoms with Gasteiger partial charge in [-0.2, -0.15) is 0 Å². The Morgan fingerprint density at radius 3 is 2.12 bits per heavy atom. The topological polar surface area (TPSA) is 85.9 Å². The van der Waals surface area contributed by atoms with E-state index in [0.29, 0.717) is 17.2 Å². The summed E-state index contributed by atoms with van der Waals surface area (Å²) >= 11 is 0. The molecule has 1 unspecified atom stereocenters. The monoisotopic (exact) mass is 358 g/mol. The zero-order valence-corrected chi connectivity index (χ0v) is 14.9. The van der Waals surface area contributed by atoms with Crippen molar-refractivity contribution in [3.63, 3.8) is 0 Å². The number of amides is 2. The molecule has 0 bridgehead atoms. The van der Waals surface area contributed by atoms with Crippen molar-refractivity contribution in [2.45, 2.75) is 20.0 Å². The average Bonchev–Trinajstić information content (AvgIpc) is 2.66. The minimum Gasteiger partial charge on any atom is -0.497 e. The van der Waals surface area contributed by atoms with Crippen molar-refractivity contribution < 1.29 is 23.8 Å². The van der Waals surface area contributed by atoms with Gasteiger partial charge in [0.05, 0.1) is 7.11 Å². The number of rotatable bonds is 7. The minimum absolute atomic E-state index is 0.211. The molecule has 0 fully saturated rings. The number of carbonyl (C=O) groups excluding carboxylic acids is 2. The highest BCUT2D eigenvalue weighted by atomic mass is 16.5. The number of ether oxygens (including phenoxy) is 3. The van der Waals surface area contributed by atoms with E-state index in [9.17, 15) is 9.59 Å². The second kappa shape index (κ2) is 9.31. The van der Waals surface area contributed by atoms with Crippen LogP contribution in [0.3, 0.4) is 0 Å². The Labute approximate surface area is 152 Å². The third-order valence-corrected chi connectivity index (χ3v) is 3.46. The van der Waals surface area contributed by atoms with E-state index in [1.807, 2.05) is 19.1 Å². The van der Waals surface area contributed by atoms with Crippen molar-refractivity contribution in [1.29, 1.82) is 0 Å². The van der Waals surface area contributed by atoms with Crippen LogP contribution in [0, 0.1) is 6.92 Å². The molecule has 0 radical (unpaired) electrons. The van der Waals surface area contributed by atoms with Crippen LogP contribution in [-0.4, -0.2) is 31.6 Å². The van der Waals surface area contributed by atoms with Crippen LogP contribution in [0.25, 0.3) is 0 Å². The van der Waals surface area contributed by atoms with E-state index < -0.39 is 17.9 Å². The van der Waals surface area contributed by atoms with Crippen LogP contribution in [-0.2, 0) is 9.59 Å². The fourth-order valence-corrected chi connectivity index (χ4v) is 1.96. The second-order valence-corrected chi connectivity index (χ2v) is 5.57. The number of hydrogen-bond donors (Lipinski definition) is 2. The predicted octanol–water partition coefficient (Wildman–Crippen LogP) is 2.00. The normalized spacial score (nSPS) is 11.2. The van der Waals surface area contributed by atoms with Crippen LogP contribution in [0.5, 0.6) is 17.2 Å². The van der Waals surface area contributed by atoms with Crippen LogP contribution in [0.15, 0.2) is 48.5 Å². The van der Waals surface area contributed by atoms with Gasteiger partial charge in [-0.05, 0) is 50.2 Å². The highest BCUT2D eigenvalue weighted by Crippen LogP contribution is 2.18. The Morgan fingerprint density at radius 2 is 1.50 bits per heavy atom. The van der Waals surface area contributed by atoms with Crippen LogP contribution >= 0.6 is 0 Å². The first-order valence-electron chi connectivity index (χ1n) is 8.07. The molecular formula is C19H22N2O5. The fraction of sp³-hybridized carbons (Fsp3) is 0.263. The standard InChI is InChI=1S/C19H22N2O5/c1-13-4-6-16(7-5-13)25-12-18(22)20-21-19(23)14(2)26-17-10-8-15(24-3)9-11-17/h4-11,14H,12H2,1-3H3,(H,20,22)(H,21,23). The van der Waals surface area contributed by atoms with E-state index in [-0.39, 0.29) is 6.61 Å². The molecule has 0 saturated carbocycles.